The van der Waals surface area contributed by atoms with Crippen molar-refractivity contribution in [1.82, 2.24) is 4.98 Å². The van der Waals surface area contributed by atoms with Crippen LogP contribution in [-0.2, 0) is 0 Å². The number of nitrogens with zero attached hydrogens (tertiary/aromatic N) is 1. The third kappa shape index (κ3) is 3.15. The second kappa shape index (κ2) is 5.74. The summed E-state index contributed by atoms with van der Waals surface area (Å²) >= 11 is 0. The number of benzene rings is 1. The molecule has 4 heteroatoms. The van der Waals surface area contributed by atoms with Gasteiger partial charge in [-0.3, -0.25) is 9.78 Å². The number of aromatic nitrogens is 1. The number of nitrogen functional groups attached to an aromatic ring is 1. The van der Waals surface area contributed by atoms with Gasteiger partial charge in [-0.05, 0) is 36.6 Å². The fourth-order valence-electron chi connectivity index (χ4n) is 1.92. The first-order valence-electron chi connectivity index (χ1n) is 6.61. The topological polar surface area (TPSA) is 68.0 Å². The summed E-state index contributed by atoms with van der Waals surface area (Å²) in [6.07, 6.45) is 1.50. The molecule has 0 spiro atoms. The number of amides is 1. The molecule has 0 radical (unpaired) electrons. The molecule has 104 valence electrons. The van der Waals surface area contributed by atoms with E-state index < -0.39 is 0 Å². The molecule has 0 bridgehead atoms. The lowest BCUT2D eigenvalue weighted by molar-refractivity contribution is 0.102. The number of nitrogens with one attached hydrogen (secondary N) is 1. The van der Waals surface area contributed by atoms with Crippen LogP contribution in [0.1, 0.15) is 41.4 Å². The van der Waals surface area contributed by atoms with Crippen LogP contribution in [0.5, 0.6) is 0 Å². The zero-order chi connectivity index (χ0) is 14.7. The second-order valence-corrected chi connectivity index (χ2v) is 5.14. The van der Waals surface area contributed by atoms with E-state index in [1.807, 2.05) is 31.2 Å². The number of rotatable bonds is 3. The number of hydrogen-bond donors (Lipinski definition) is 2. The molecule has 0 aliphatic carbocycles. The molecule has 1 aromatic heterocycles. The molecule has 0 aliphatic rings. The SMILES string of the molecule is Cc1cc(N)c(C(=O)Nc2ccc(C(C)C)cc2)cn1. The number of nitrogens with two attached hydrogens (primary N) is 1. The Morgan fingerprint density at radius 1 is 1.25 bits per heavy atom. The number of hydrogen-bond acceptors (Lipinski definition) is 3. The Hall–Kier alpha value is -2.36. The Bertz CT molecular complexity index is 618. The van der Waals surface area contributed by atoms with Crippen molar-refractivity contribution in [2.24, 2.45) is 0 Å². The average Bonchev–Trinajstić information content (AvgIpc) is 2.39. The van der Waals surface area contributed by atoms with Crippen molar-refractivity contribution < 1.29 is 4.79 Å². The van der Waals surface area contributed by atoms with Crippen LogP contribution < -0.4 is 11.1 Å². The molecule has 20 heavy (non-hydrogen) atoms. The van der Waals surface area contributed by atoms with Gasteiger partial charge in [0.15, 0.2) is 0 Å². The van der Waals surface area contributed by atoms with Crippen LogP contribution in [-0.4, -0.2) is 10.9 Å². The van der Waals surface area contributed by atoms with Crippen molar-refractivity contribution in [3.05, 3.63) is 53.3 Å². The van der Waals surface area contributed by atoms with Gasteiger partial charge in [-0.25, -0.2) is 0 Å². The Morgan fingerprint density at radius 2 is 1.90 bits per heavy atom. The fraction of sp³-hybridized carbons (Fsp3) is 0.250. The second-order valence-electron chi connectivity index (χ2n) is 5.14. The van der Waals surface area contributed by atoms with Crippen LogP contribution in [0.25, 0.3) is 0 Å². The Morgan fingerprint density at radius 3 is 2.45 bits per heavy atom. The van der Waals surface area contributed by atoms with Crippen LogP contribution in [0.15, 0.2) is 36.5 Å². The minimum Gasteiger partial charge on any atom is -0.398 e. The van der Waals surface area contributed by atoms with Crippen molar-refractivity contribution in [3.8, 4) is 0 Å². The maximum Gasteiger partial charge on any atom is 0.259 e. The predicted octanol–water partition coefficient (Wildman–Crippen LogP) is 3.35. The fourth-order valence-corrected chi connectivity index (χ4v) is 1.92. The van der Waals surface area contributed by atoms with Gasteiger partial charge in [0.1, 0.15) is 0 Å². The molecule has 1 aromatic carbocycles. The lowest BCUT2D eigenvalue weighted by atomic mass is 10.0. The first-order valence-corrected chi connectivity index (χ1v) is 6.61. The van der Waals surface area contributed by atoms with E-state index in [1.54, 1.807) is 6.07 Å². The van der Waals surface area contributed by atoms with Crippen LogP contribution in [0, 0.1) is 6.92 Å². The summed E-state index contributed by atoms with van der Waals surface area (Å²) in [4.78, 5) is 16.2. The van der Waals surface area contributed by atoms with Gasteiger partial charge in [0.25, 0.3) is 5.91 Å². The molecular weight excluding hydrogens is 250 g/mol. The van der Waals surface area contributed by atoms with Crippen molar-refractivity contribution in [1.29, 1.82) is 0 Å². The number of pyridine rings is 1. The summed E-state index contributed by atoms with van der Waals surface area (Å²) in [5.41, 5.74) is 9.45. The van der Waals surface area contributed by atoms with Crippen LogP contribution in [0.4, 0.5) is 11.4 Å². The normalized spacial score (nSPS) is 10.6. The maximum absolute atomic E-state index is 12.1. The zero-order valence-electron chi connectivity index (χ0n) is 12.0. The van der Waals surface area contributed by atoms with Crippen molar-refractivity contribution in [3.63, 3.8) is 0 Å². The molecule has 0 unspecified atom stereocenters. The predicted molar refractivity (Wildman–Crippen MR) is 81.9 cm³/mol. The van der Waals surface area contributed by atoms with Crippen molar-refractivity contribution >= 4 is 17.3 Å². The summed E-state index contributed by atoms with van der Waals surface area (Å²) in [6, 6.07) is 9.50. The molecule has 0 atom stereocenters. The first kappa shape index (κ1) is 14.1. The van der Waals surface area contributed by atoms with Gasteiger partial charge in [0.2, 0.25) is 0 Å². The Balaban J connectivity index is 2.15. The minimum absolute atomic E-state index is 0.243. The summed E-state index contributed by atoms with van der Waals surface area (Å²) in [5.74, 6) is 0.226. The van der Waals surface area contributed by atoms with Gasteiger partial charge in [-0.15, -0.1) is 0 Å². The van der Waals surface area contributed by atoms with Gasteiger partial charge in [-0.2, -0.15) is 0 Å². The standard InChI is InChI=1S/C16H19N3O/c1-10(2)12-4-6-13(7-5-12)19-16(20)14-9-18-11(3)8-15(14)17/h4-10H,1-3H3,(H2,17,18)(H,19,20). The highest BCUT2D eigenvalue weighted by atomic mass is 16.1. The highest BCUT2D eigenvalue weighted by Gasteiger charge is 2.11. The first-order chi connectivity index (χ1) is 9.47. The molecule has 2 rings (SSSR count). The van der Waals surface area contributed by atoms with Gasteiger partial charge in [-0.1, -0.05) is 26.0 Å². The van der Waals surface area contributed by atoms with Gasteiger partial charge < -0.3 is 11.1 Å². The summed E-state index contributed by atoms with van der Waals surface area (Å²) in [5, 5.41) is 2.83. The van der Waals surface area contributed by atoms with Gasteiger partial charge in [0.05, 0.1) is 5.56 Å². The van der Waals surface area contributed by atoms with E-state index in [1.165, 1.54) is 11.8 Å². The smallest absolute Gasteiger partial charge is 0.259 e. The van der Waals surface area contributed by atoms with Gasteiger partial charge >= 0.3 is 0 Å². The van der Waals surface area contributed by atoms with Crippen LogP contribution in [0.2, 0.25) is 0 Å². The Kier molecular flexibility index (Phi) is 4.03. The lowest BCUT2D eigenvalue weighted by Gasteiger charge is -2.09. The third-order valence-corrected chi connectivity index (χ3v) is 3.15. The van der Waals surface area contributed by atoms with E-state index in [4.69, 9.17) is 5.73 Å². The number of aryl methyl sites for hydroxylation is 1. The largest absolute Gasteiger partial charge is 0.398 e. The molecule has 1 amide bonds. The highest BCUT2D eigenvalue weighted by Crippen LogP contribution is 2.18. The van der Waals surface area contributed by atoms with E-state index in [9.17, 15) is 4.79 Å². The monoisotopic (exact) mass is 269 g/mol. The highest BCUT2D eigenvalue weighted by molar-refractivity contribution is 6.07. The molecule has 0 saturated carbocycles. The minimum atomic E-state index is -0.243. The van der Waals surface area contributed by atoms with Crippen LogP contribution >= 0.6 is 0 Å². The summed E-state index contributed by atoms with van der Waals surface area (Å²) in [7, 11) is 0. The maximum atomic E-state index is 12.1. The van der Waals surface area contributed by atoms with E-state index in [0.717, 1.165) is 11.4 Å². The molecule has 0 aliphatic heterocycles. The third-order valence-electron chi connectivity index (χ3n) is 3.15. The quantitative estimate of drug-likeness (QED) is 0.897. The molecular formula is C16H19N3O. The molecule has 3 N–H and O–H groups in total. The van der Waals surface area contributed by atoms with Crippen molar-refractivity contribution in [2.75, 3.05) is 11.1 Å². The van der Waals surface area contributed by atoms with E-state index in [2.05, 4.69) is 24.1 Å². The van der Waals surface area contributed by atoms with Crippen molar-refractivity contribution in [2.45, 2.75) is 26.7 Å². The average molecular weight is 269 g/mol. The molecule has 0 fully saturated rings. The molecule has 0 saturated heterocycles. The molecule has 1 heterocycles. The number of carbonyl (C=O) groups is 1. The number of anilines is 2. The number of carbonyl (C=O) groups excluding carboxylic acids is 1. The molecule has 4 nitrogen and oxygen atoms in total. The van der Waals surface area contributed by atoms with Crippen LogP contribution in [0.3, 0.4) is 0 Å². The zero-order valence-corrected chi connectivity index (χ0v) is 12.0. The Labute approximate surface area is 119 Å². The van der Waals surface area contributed by atoms with Gasteiger partial charge in [0, 0.05) is 23.3 Å². The molecule has 2 aromatic rings. The summed E-state index contributed by atoms with van der Waals surface area (Å²) in [6.45, 7) is 6.10. The van der Waals surface area contributed by atoms with E-state index in [0.29, 0.717) is 17.2 Å². The summed E-state index contributed by atoms with van der Waals surface area (Å²) < 4.78 is 0. The lowest BCUT2D eigenvalue weighted by Crippen LogP contribution is -2.14. The van der Waals surface area contributed by atoms with E-state index in [-0.39, 0.29) is 5.91 Å². The van der Waals surface area contributed by atoms with E-state index >= 15 is 0 Å².